The molecule has 0 radical (unpaired) electrons. The first-order valence-electron chi connectivity index (χ1n) is 5.04. The highest BCUT2D eigenvalue weighted by molar-refractivity contribution is 14.1. The van der Waals surface area contributed by atoms with E-state index in [9.17, 15) is 14.5 Å². The molecule has 0 unspecified atom stereocenters. The zero-order chi connectivity index (χ0) is 14.7. The lowest BCUT2D eigenvalue weighted by Gasteiger charge is -2.07. The lowest BCUT2D eigenvalue weighted by atomic mass is 10.2. The number of nitro benzene ring substituents is 1. The van der Waals surface area contributed by atoms with E-state index in [0.717, 1.165) is 18.5 Å². The van der Waals surface area contributed by atoms with Crippen LogP contribution in [0.25, 0.3) is 0 Å². The molecular formula is C11H4FIN4O3. The number of hydrogen-bond acceptors (Lipinski definition) is 6. The minimum Gasteiger partial charge on any atom is -0.430 e. The van der Waals surface area contributed by atoms with Crippen LogP contribution in [0.4, 0.5) is 10.1 Å². The van der Waals surface area contributed by atoms with Crippen molar-refractivity contribution in [1.82, 2.24) is 9.97 Å². The molecule has 0 saturated carbocycles. The molecule has 0 saturated heterocycles. The number of nitrogens with zero attached hydrogens (tertiary/aromatic N) is 4. The third-order valence-corrected chi connectivity index (χ3v) is 2.97. The van der Waals surface area contributed by atoms with Crippen LogP contribution in [-0.4, -0.2) is 14.9 Å². The minimum absolute atomic E-state index is 0.104. The summed E-state index contributed by atoms with van der Waals surface area (Å²) in [5.41, 5.74) is -0.269. The fraction of sp³-hybridized carbons (Fsp3) is 0. The zero-order valence-electron chi connectivity index (χ0n) is 9.58. The molecule has 0 spiro atoms. The molecule has 1 aromatic heterocycles. The summed E-state index contributed by atoms with van der Waals surface area (Å²) >= 11 is 1.79. The highest BCUT2D eigenvalue weighted by Crippen LogP contribution is 2.36. The average molecular weight is 386 g/mol. The van der Waals surface area contributed by atoms with Crippen molar-refractivity contribution in [2.45, 2.75) is 0 Å². The van der Waals surface area contributed by atoms with E-state index in [1.165, 1.54) is 6.07 Å². The van der Waals surface area contributed by atoms with Gasteiger partial charge < -0.3 is 4.74 Å². The highest BCUT2D eigenvalue weighted by Gasteiger charge is 2.21. The van der Waals surface area contributed by atoms with Crippen LogP contribution in [0.3, 0.4) is 0 Å². The quantitative estimate of drug-likeness (QED) is 0.348. The normalized spacial score (nSPS) is 9.85. The van der Waals surface area contributed by atoms with Gasteiger partial charge in [0, 0.05) is 6.07 Å². The number of nitro groups is 1. The Labute approximate surface area is 125 Å². The third kappa shape index (κ3) is 2.97. The second-order valence-corrected chi connectivity index (χ2v) is 4.62. The topological polar surface area (TPSA) is 102 Å². The molecule has 1 heterocycles. The van der Waals surface area contributed by atoms with Gasteiger partial charge in [0.05, 0.1) is 26.2 Å². The van der Waals surface area contributed by atoms with Gasteiger partial charge in [0.2, 0.25) is 17.6 Å². The summed E-state index contributed by atoms with van der Waals surface area (Å²) in [7, 11) is 0. The number of halogens is 2. The smallest absolute Gasteiger partial charge is 0.314 e. The van der Waals surface area contributed by atoms with E-state index < -0.39 is 16.6 Å². The predicted octanol–water partition coefficient (Wildman–Crippen LogP) is 2.79. The second-order valence-electron chi connectivity index (χ2n) is 3.46. The Morgan fingerprint density at radius 3 is 2.75 bits per heavy atom. The van der Waals surface area contributed by atoms with E-state index in [4.69, 9.17) is 10.00 Å². The molecule has 7 nitrogen and oxygen atoms in total. The van der Waals surface area contributed by atoms with Gasteiger partial charge in [-0.25, -0.2) is 9.97 Å². The number of benzene rings is 1. The van der Waals surface area contributed by atoms with Crippen LogP contribution in [0.1, 0.15) is 5.56 Å². The first kappa shape index (κ1) is 14.1. The van der Waals surface area contributed by atoms with Gasteiger partial charge in [-0.3, -0.25) is 10.1 Å². The van der Waals surface area contributed by atoms with Gasteiger partial charge in [0.25, 0.3) is 0 Å². The largest absolute Gasteiger partial charge is 0.430 e. The van der Waals surface area contributed by atoms with Crippen LogP contribution in [0.2, 0.25) is 0 Å². The first-order chi connectivity index (χ1) is 9.51. The van der Waals surface area contributed by atoms with Crippen molar-refractivity contribution < 1.29 is 14.1 Å². The molecule has 0 bridgehead atoms. The molecule has 2 aromatic rings. The van der Waals surface area contributed by atoms with Gasteiger partial charge in [-0.2, -0.15) is 9.65 Å². The monoisotopic (exact) mass is 386 g/mol. The molecule has 0 fully saturated rings. The number of nitriles is 1. The Morgan fingerprint density at radius 1 is 1.40 bits per heavy atom. The van der Waals surface area contributed by atoms with Crippen LogP contribution < -0.4 is 4.74 Å². The maximum atomic E-state index is 12.9. The van der Waals surface area contributed by atoms with Crippen LogP contribution in [0.15, 0.2) is 24.5 Å². The van der Waals surface area contributed by atoms with Gasteiger partial charge in [0.15, 0.2) is 0 Å². The molecular weight excluding hydrogens is 382 g/mol. The van der Waals surface area contributed by atoms with E-state index in [0.29, 0.717) is 3.57 Å². The van der Waals surface area contributed by atoms with Gasteiger partial charge in [-0.05, 0) is 28.7 Å². The number of ether oxygens (including phenoxy) is 1. The summed E-state index contributed by atoms with van der Waals surface area (Å²) in [6.45, 7) is 0. The van der Waals surface area contributed by atoms with Crippen molar-refractivity contribution >= 4 is 28.3 Å². The van der Waals surface area contributed by atoms with Crippen molar-refractivity contribution in [3.05, 3.63) is 49.7 Å². The fourth-order valence-corrected chi connectivity index (χ4v) is 2.08. The SMILES string of the molecule is N#Cc1cc(I)c(Oc2cc(F)ncn2)c([N+](=O)[O-])c1. The van der Waals surface area contributed by atoms with Crippen molar-refractivity contribution in [3.63, 3.8) is 0 Å². The molecule has 100 valence electrons. The summed E-state index contributed by atoms with van der Waals surface area (Å²) in [4.78, 5) is 17.2. The van der Waals surface area contributed by atoms with Crippen molar-refractivity contribution in [3.8, 4) is 17.7 Å². The van der Waals surface area contributed by atoms with Crippen LogP contribution in [-0.2, 0) is 0 Å². The zero-order valence-corrected chi connectivity index (χ0v) is 11.7. The van der Waals surface area contributed by atoms with E-state index in [2.05, 4.69) is 9.97 Å². The number of aromatic nitrogens is 2. The highest BCUT2D eigenvalue weighted by atomic mass is 127. The van der Waals surface area contributed by atoms with Gasteiger partial charge in [-0.1, -0.05) is 0 Å². The molecule has 0 aliphatic carbocycles. The molecule has 9 heteroatoms. The Bertz CT molecular complexity index is 732. The van der Waals surface area contributed by atoms with E-state index >= 15 is 0 Å². The second kappa shape index (κ2) is 5.74. The summed E-state index contributed by atoms with van der Waals surface area (Å²) in [6.07, 6.45) is 0.938. The lowest BCUT2D eigenvalue weighted by molar-refractivity contribution is -0.385. The first-order valence-corrected chi connectivity index (χ1v) is 6.12. The standard InChI is InChI=1S/C11H4FIN4O3/c12-9-3-10(16-5-15-9)20-11-7(13)1-6(4-14)2-8(11)17(18)19/h1-3,5H. The number of hydrogen-bond donors (Lipinski definition) is 0. The van der Waals surface area contributed by atoms with Crippen molar-refractivity contribution in [2.75, 3.05) is 0 Å². The van der Waals surface area contributed by atoms with Gasteiger partial charge >= 0.3 is 5.69 Å². The summed E-state index contributed by atoms with van der Waals surface area (Å²) in [5.74, 6) is -1.09. The van der Waals surface area contributed by atoms with Crippen molar-refractivity contribution in [1.29, 1.82) is 5.26 Å². The Balaban J connectivity index is 2.51. The average Bonchev–Trinajstić information content (AvgIpc) is 2.40. The molecule has 2 rings (SSSR count). The van der Waals surface area contributed by atoms with Crippen LogP contribution in [0.5, 0.6) is 11.6 Å². The third-order valence-electron chi connectivity index (χ3n) is 2.17. The molecule has 0 aliphatic heterocycles. The summed E-state index contributed by atoms with van der Waals surface area (Å²) < 4.78 is 18.5. The Kier molecular flexibility index (Phi) is 4.04. The van der Waals surface area contributed by atoms with E-state index in [1.54, 1.807) is 22.6 Å². The maximum absolute atomic E-state index is 12.9. The van der Waals surface area contributed by atoms with E-state index in [-0.39, 0.29) is 17.2 Å². The fourth-order valence-electron chi connectivity index (χ4n) is 1.36. The Morgan fingerprint density at radius 2 is 2.15 bits per heavy atom. The predicted molar refractivity (Wildman–Crippen MR) is 72.6 cm³/mol. The Hall–Kier alpha value is -2.35. The van der Waals surface area contributed by atoms with Crippen molar-refractivity contribution in [2.24, 2.45) is 0 Å². The van der Waals surface area contributed by atoms with Gasteiger partial charge in [0.1, 0.15) is 6.33 Å². The maximum Gasteiger partial charge on any atom is 0.314 e. The van der Waals surface area contributed by atoms with Gasteiger partial charge in [-0.15, -0.1) is 0 Å². The molecule has 0 amide bonds. The van der Waals surface area contributed by atoms with E-state index in [1.807, 2.05) is 6.07 Å². The molecule has 0 aliphatic rings. The summed E-state index contributed by atoms with van der Waals surface area (Å²) in [5, 5.41) is 19.8. The van der Waals surface area contributed by atoms with Crippen LogP contribution in [0, 0.1) is 31.0 Å². The molecule has 0 N–H and O–H groups in total. The molecule has 1 aromatic carbocycles. The minimum atomic E-state index is -0.818. The van der Waals surface area contributed by atoms with Crippen LogP contribution >= 0.6 is 22.6 Å². The molecule has 20 heavy (non-hydrogen) atoms. The molecule has 0 atom stereocenters. The number of rotatable bonds is 3. The summed E-state index contributed by atoms with van der Waals surface area (Å²) in [6, 6.07) is 5.21. The lowest BCUT2D eigenvalue weighted by Crippen LogP contribution is -1.99.